The van der Waals surface area contributed by atoms with Crippen molar-refractivity contribution in [3.05, 3.63) is 35.7 Å². The van der Waals surface area contributed by atoms with Crippen molar-refractivity contribution in [2.24, 2.45) is 5.92 Å². The van der Waals surface area contributed by atoms with E-state index in [9.17, 15) is 9.59 Å². The first-order valence-electron chi connectivity index (χ1n) is 14.7. The number of methoxy groups -OCH3 is 1. The Bertz CT molecular complexity index is 1330. The molecule has 0 radical (unpaired) electrons. The van der Waals surface area contributed by atoms with Gasteiger partial charge in [-0.05, 0) is 77.9 Å². The van der Waals surface area contributed by atoms with Crippen LogP contribution in [0.25, 0.3) is 16.7 Å². The van der Waals surface area contributed by atoms with Gasteiger partial charge in [0, 0.05) is 31.6 Å². The fourth-order valence-corrected chi connectivity index (χ4v) is 6.28. The standard InChI is InChI=1S/C31H43N5O4/c1-7-10-22(11-8-2)36-28-26(27(33-36)20-12-9-13-20)25(18-23(32-28)29(37)39-6)34-16-15-24-21(19-34)14-17-35(24)30(38)40-31(3,4)5/h7,10-11,18,20-21,24H,8-9,12-17,19H2,1-6H3/b10-7-,22-11+. The highest BCUT2D eigenvalue weighted by Gasteiger charge is 2.43. The molecule has 1 aliphatic carbocycles. The summed E-state index contributed by atoms with van der Waals surface area (Å²) in [5.41, 5.74) is 3.47. The third kappa shape index (κ3) is 5.34. The van der Waals surface area contributed by atoms with Crippen LogP contribution in [0.2, 0.25) is 0 Å². The molecule has 0 bridgehead atoms. The largest absolute Gasteiger partial charge is 0.464 e. The van der Waals surface area contributed by atoms with Crippen LogP contribution in [0.15, 0.2) is 24.3 Å². The summed E-state index contributed by atoms with van der Waals surface area (Å²) in [4.78, 5) is 34.9. The van der Waals surface area contributed by atoms with E-state index in [1.165, 1.54) is 13.5 Å². The van der Waals surface area contributed by atoms with Crippen LogP contribution in [0.1, 0.15) is 95.2 Å². The Balaban J connectivity index is 1.57. The quantitative estimate of drug-likeness (QED) is 0.315. The van der Waals surface area contributed by atoms with E-state index in [0.717, 1.165) is 67.7 Å². The van der Waals surface area contributed by atoms with Gasteiger partial charge in [-0.2, -0.15) is 5.10 Å². The number of anilines is 1. The number of carbonyl (C=O) groups is 2. The summed E-state index contributed by atoms with van der Waals surface area (Å²) in [6.07, 6.45) is 12.0. The summed E-state index contributed by atoms with van der Waals surface area (Å²) >= 11 is 0. The number of ether oxygens (including phenoxy) is 2. The Kier molecular flexibility index (Phi) is 7.93. The van der Waals surface area contributed by atoms with Crippen LogP contribution in [-0.4, -0.2) is 70.1 Å². The van der Waals surface area contributed by atoms with E-state index in [4.69, 9.17) is 19.6 Å². The minimum Gasteiger partial charge on any atom is -0.464 e. The molecule has 5 rings (SSSR count). The number of carbonyl (C=O) groups excluding carboxylic acids is 2. The van der Waals surface area contributed by atoms with Gasteiger partial charge in [0.2, 0.25) is 0 Å². The van der Waals surface area contributed by atoms with Crippen LogP contribution in [-0.2, 0) is 9.47 Å². The average Bonchev–Trinajstić information content (AvgIpc) is 3.47. The lowest BCUT2D eigenvalue weighted by Crippen LogP contribution is -2.48. The third-order valence-electron chi connectivity index (χ3n) is 8.33. The number of likely N-dealkylation sites (tertiary alicyclic amines) is 1. The predicted octanol–water partition coefficient (Wildman–Crippen LogP) is 6.15. The van der Waals surface area contributed by atoms with Gasteiger partial charge in [-0.25, -0.2) is 19.3 Å². The van der Waals surface area contributed by atoms with E-state index in [2.05, 4.69) is 17.9 Å². The molecule has 2 aliphatic heterocycles. The molecule has 2 saturated heterocycles. The highest BCUT2D eigenvalue weighted by atomic mass is 16.6. The molecule has 3 aliphatic rings. The second kappa shape index (κ2) is 11.3. The number of allylic oxidation sites excluding steroid dienone is 4. The zero-order valence-corrected chi connectivity index (χ0v) is 24.8. The molecule has 216 valence electrons. The third-order valence-corrected chi connectivity index (χ3v) is 8.33. The van der Waals surface area contributed by atoms with Crippen LogP contribution < -0.4 is 4.90 Å². The predicted molar refractivity (Wildman–Crippen MR) is 157 cm³/mol. The smallest absolute Gasteiger partial charge is 0.410 e. The van der Waals surface area contributed by atoms with E-state index in [-0.39, 0.29) is 17.8 Å². The summed E-state index contributed by atoms with van der Waals surface area (Å²) in [6, 6.07) is 2.05. The molecule has 9 nitrogen and oxygen atoms in total. The zero-order valence-electron chi connectivity index (χ0n) is 24.8. The van der Waals surface area contributed by atoms with Crippen LogP contribution in [0.5, 0.6) is 0 Å². The SMILES string of the molecule is C/C=C\C(=C/CC)n1nc(C2CCC2)c2c(N3CCC4C(CCN4C(=O)OC(C)(C)C)C3)cc(C(=O)OC)nc21. The van der Waals surface area contributed by atoms with E-state index >= 15 is 0 Å². The molecule has 2 atom stereocenters. The normalized spacial score (nSPS) is 22.1. The van der Waals surface area contributed by atoms with Gasteiger partial charge in [-0.1, -0.05) is 25.5 Å². The Morgan fingerprint density at radius 3 is 2.55 bits per heavy atom. The Morgan fingerprint density at radius 2 is 1.93 bits per heavy atom. The molecule has 40 heavy (non-hydrogen) atoms. The molecular formula is C31H43N5O4. The van der Waals surface area contributed by atoms with E-state index < -0.39 is 11.6 Å². The van der Waals surface area contributed by atoms with Crippen molar-refractivity contribution < 1.29 is 19.1 Å². The summed E-state index contributed by atoms with van der Waals surface area (Å²) in [6.45, 7) is 12.1. The minimum absolute atomic E-state index is 0.158. The Hall–Kier alpha value is -3.36. The van der Waals surface area contributed by atoms with Crippen LogP contribution in [0.4, 0.5) is 10.5 Å². The van der Waals surface area contributed by atoms with Crippen molar-refractivity contribution in [2.45, 2.75) is 90.7 Å². The number of rotatable bonds is 6. The topological polar surface area (TPSA) is 89.8 Å². The lowest BCUT2D eigenvalue weighted by atomic mass is 9.81. The van der Waals surface area contributed by atoms with Gasteiger partial charge in [0.05, 0.1) is 29.6 Å². The molecule has 0 spiro atoms. The number of fused-ring (bicyclic) bond motifs is 2. The van der Waals surface area contributed by atoms with Gasteiger partial charge in [0.15, 0.2) is 11.3 Å². The second-order valence-electron chi connectivity index (χ2n) is 12.2. The van der Waals surface area contributed by atoms with Crippen molar-refractivity contribution in [3.63, 3.8) is 0 Å². The molecular weight excluding hydrogens is 506 g/mol. The fourth-order valence-electron chi connectivity index (χ4n) is 6.28. The maximum atomic E-state index is 12.9. The van der Waals surface area contributed by atoms with Crippen molar-refractivity contribution in [2.75, 3.05) is 31.6 Å². The van der Waals surface area contributed by atoms with Crippen LogP contribution in [0.3, 0.4) is 0 Å². The molecule has 0 aromatic carbocycles. The molecule has 0 N–H and O–H groups in total. The maximum Gasteiger partial charge on any atom is 0.410 e. The van der Waals surface area contributed by atoms with Crippen molar-refractivity contribution in [3.8, 4) is 0 Å². The van der Waals surface area contributed by atoms with Crippen LogP contribution in [0, 0.1) is 5.92 Å². The first-order valence-corrected chi connectivity index (χ1v) is 14.7. The molecule has 4 heterocycles. The second-order valence-corrected chi connectivity index (χ2v) is 12.2. The van der Waals surface area contributed by atoms with E-state index in [1.807, 2.05) is 55.5 Å². The number of piperidine rings is 1. The molecule has 9 heteroatoms. The molecule has 2 unspecified atom stereocenters. The van der Waals surface area contributed by atoms with Crippen molar-refractivity contribution >= 4 is 34.5 Å². The maximum absolute atomic E-state index is 12.9. The monoisotopic (exact) mass is 549 g/mol. The lowest BCUT2D eigenvalue weighted by Gasteiger charge is -2.39. The minimum atomic E-state index is -0.515. The van der Waals surface area contributed by atoms with Crippen molar-refractivity contribution in [1.29, 1.82) is 0 Å². The summed E-state index contributed by atoms with van der Waals surface area (Å²) < 4.78 is 12.7. The zero-order chi connectivity index (χ0) is 28.6. The summed E-state index contributed by atoms with van der Waals surface area (Å²) in [5, 5.41) is 6.18. The van der Waals surface area contributed by atoms with E-state index in [1.54, 1.807) is 0 Å². The van der Waals surface area contributed by atoms with Gasteiger partial charge < -0.3 is 19.3 Å². The average molecular weight is 550 g/mol. The molecule has 2 aromatic rings. The Labute approximate surface area is 237 Å². The number of pyridine rings is 1. The molecule has 2 aromatic heterocycles. The first kappa shape index (κ1) is 28.2. The number of nitrogens with zero attached hydrogens (tertiary/aromatic N) is 5. The van der Waals surface area contributed by atoms with Gasteiger partial charge in [0.25, 0.3) is 0 Å². The summed E-state index contributed by atoms with van der Waals surface area (Å²) in [7, 11) is 1.39. The number of aromatic nitrogens is 3. The number of hydrogen-bond acceptors (Lipinski definition) is 7. The highest BCUT2D eigenvalue weighted by Crippen LogP contribution is 2.44. The van der Waals surface area contributed by atoms with Gasteiger partial charge >= 0.3 is 12.1 Å². The fraction of sp³-hybridized carbons (Fsp3) is 0.613. The van der Waals surface area contributed by atoms with E-state index in [0.29, 0.717) is 24.0 Å². The van der Waals surface area contributed by atoms with Gasteiger partial charge in [0.1, 0.15) is 5.60 Å². The first-order chi connectivity index (χ1) is 19.1. The number of amides is 1. The summed E-state index contributed by atoms with van der Waals surface area (Å²) in [5.74, 6) is 0.250. The van der Waals surface area contributed by atoms with Gasteiger partial charge in [-0.15, -0.1) is 0 Å². The molecule has 1 amide bonds. The number of esters is 1. The molecule has 1 saturated carbocycles. The Morgan fingerprint density at radius 1 is 1.15 bits per heavy atom. The van der Waals surface area contributed by atoms with Crippen LogP contribution >= 0.6 is 0 Å². The number of hydrogen-bond donors (Lipinski definition) is 0. The lowest BCUT2D eigenvalue weighted by molar-refractivity contribution is 0.0194. The molecule has 3 fully saturated rings. The van der Waals surface area contributed by atoms with Crippen molar-refractivity contribution in [1.82, 2.24) is 19.7 Å². The highest BCUT2D eigenvalue weighted by molar-refractivity contribution is 5.99. The van der Waals surface area contributed by atoms with Gasteiger partial charge in [-0.3, -0.25) is 0 Å².